The molecule has 3 aliphatic carbocycles. The van der Waals surface area contributed by atoms with E-state index in [4.69, 9.17) is 0 Å². The van der Waals surface area contributed by atoms with Gasteiger partial charge in [0, 0.05) is 0 Å². The van der Waals surface area contributed by atoms with Crippen molar-refractivity contribution in [3.63, 3.8) is 0 Å². The normalized spacial score (nSPS) is 40.9. The number of fused-ring (bicyclic) bond motifs is 5. The SMILES string of the molecule is CCCC1=C(CCC)[C@H]2[C@@H]3CC[C@@H](C3)[C@H]2C1. The van der Waals surface area contributed by atoms with Gasteiger partial charge in [-0.1, -0.05) is 37.8 Å². The Labute approximate surface area is 101 Å². The van der Waals surface area contributed by atoms with E-state index in [1.54, 1.807) is 19.3 Å². The summed E-state index contributed by atoms with van der Waals surface area (Å²) in [6, 6.07) is 0. The minimum Gasteiger partial charge on any atom is -0.0704 e. The van der Waals surface area contributed by atoms with E-state index in [1.165, 1.54) is 32.1 Å². The van der Waals surface area contributed by atoms with E-state index in [-0.39, 0.29) is 0 Å². The lowest BCUT2D eigenvalue weighted by atomic mass is 9.78. The molecule has 0 saturated heterocycles. The van der Waals surface area contributed by atoms with Gasteiger partial charge in [0.1, 0.15) is 0 Å². The van der Waals surface area contributed by atoms with Crippen molar-refractivity contribution in [1.82, 2.24) is 0 Å². The molecule has 0 N–H and O–H groups in total. The first-order chi connectivity index (χ1) is 7.85. The zero-order valence-corrected chi connectivity index (χ0v) is 11.0. The highest BCUT2D eigenvalue weighted by atomic mass is 14.6. The summed E-state index contributed by atoms with van der Waals surface area (Å²) in [4.78, 5) is 0. The van der Waals surface area contributed by atoms with Gasteiger partial charge in [0.05, 0.1) is 0 Å². The molecule has 90 valence electrons. The summed E-state index contributed by atoms with van der Waals surface area (Å²) in [5.74, 6) is 4.38. The lowest BCUT2D eigenvalue weighted by molar-refractivity contribution is 0.271. The summed E-state index contributed by atoms with van der Waals surface area (Å²) < 4.78 is 0. The molecule has 0 heteroatoms. The fourth-order valence-corrected chi connectivity index (χ4v) is 5.08. The summed E-state index contributed by atoms with van der Waals surface area (Å²) >= 11 is 0. The molecule has 2 fully saturated rings. The fourth-order valence-electron chi connectivity index (χ4n) is 5.08. The van der Waals surface area contributed by atoms with Crippen molar-refractivity contribution < 1.29 is 0 Å². The van der Waals surface area contributed by atoms with Gasteiger partial charge in [-0.3, -0.25) is 0 Å². The number of hydrogen-bond acceptors (Lipinski definition) is 0. The number of hydrogen-bond donors (Lipinski definition) is 0. The van der Waals surface area contributed by atoms with Crippen LogP contribution in [0.15, 0.2) is 11.1 Å². The zero-order valence-electron chi connectivity index (χ0n) is 11.0. The van der Waals surface area contributed by atoms with E-state index in [0.29, 0.717) is 0 Å². The molecule has 4 atom stereocenters. The summed E-state index contributed by atoms with van der Waals surface area (Å²) in [6.07, 6.45) is 11.7. The Hall–Kier alpha value is -0.260. The van der Waals surface area contributed by atoms with Crippen LogP contribution in [0.3, 0.4) is 0 Å². The highest BCUT2D eigenvalue weighted by Crippen LogP contribution is 2.61. The van der Waals surface area contributed by atoms with Gasteiger partial charge in [-0.2, -0.15) is 0 Å². The van der Waals surface area contributed by atoms with Crippen LogP contribution < -0.4 is 0 Å². The van der Waals surface area contributed by atoms with Gasteiger partial charge in [0.25, 0.3) is 0 Å². The largest absolute Gasteiger partial charge is 0.0704 e. The van der Waals surface area contributed by atoms with Crippen LogP contribution in [-0.2, 0) is 0 Å². The van der Waals surface area contributed by atoms with E-state index in [2.05, 4.69) is 13.8 Å². The van der Waals surface area contributed by atoms with E-state index in [1.807, 2.05) is 11.1 Å². The van der Waals surface area contributed by atoms with Crippen molar-refractivity contribution in [3.8, 4) is 0 Å². The first kappa shape index (κ1) is 10.9. The lowest BCUT2D eigenvalue weighted by Crippen LogP contribution is -2.19. The Balaban J connectivity index is 1.84. The zero-order chi connectivity index (χ0) is 11.1. The van der Waals surface area contributed by atoms with Crippen LogP contribution in [0.2, 0.25) is 0 Å². The second kappa shape index (κ2) is 4.20. The van der Waals surface area contributed by atoms with Gasteiger partial charge in [-0.25, -0.2) is 0 Å². The molecular weight excluding hydrogens is 192 g/mol. The van der Waals surface area contributed by atoms with Crippen LogP contribution >= 0.6 is 0 Å². The standard InChI is InChI=1S/C16H26/c1-3-5-11-10-15-12-7-8-13(9-12)16(15)14(11)6-4-2/h12-13,15-16H,3-10H2,1-2H3/t12-,13+,15+,16+/m0/s1. The van der Waals surface area contributed by atoms with E-state index in [0.717, 1.165) is 23.7 Å². The van der Waals surface area contributed by atoms with Gasteiger partial charge >= 0.3 is 0 Å². The van der Waals surface area contributed by atoms with Crippen LogP contribution in [-0.4, -0.2) is 0 Å². The molecule has 0 unspecified atom stereocenters. The van der Waals surface area contributed by atoms with Gasteiger partial charge < -0.3 is 0 Å². The van der Waals surface area contributed by atoms with Crippen LogP contribution in [0.25, 0.3) is 0 Å². The molecular formula is C16H26. The average molecular weight is 218 g/mol. The molecule has 0 spiro atoms. The Kier molecular flexibility index (Phi) is 2.85. The molecule has 0 aliphatic heterocycles. The monoisotopic (exact) mass is 218 g/mol. The molecule has 0 nitrogen and oxygen atoms in total. The van der Waals surface area contributed by atoms with E-state index >= 15 is 0 Å². The summed E-state index contributed by atoms with van der Waals surface area (Å²) in [7, 11) is 0. The smallest absolute Gasteiger partial charge is 0.0138 e. The second-order valence-corrected chi connectivity index (χ2v) is 6.36. The molecule has 16 heavy (non-hydrogen) atoms. The summed E-state index contributed by atoms with van der Waals surface area (Å²) in [6.45, 7) is 4.70. The molecule has 0 aromatic carbocycles. The van der Waals surface area contributed by atoms with Crippen LogP contribution in [0.5, 0.6) is 0 Å². The third-order valence-electron chi connectivity index (χ3n) is 5.50. The molecule has 3 aliphatic rings. The summed E-state index contributed by atoms with van der Waals surface area (Å²) in [5, 5.41) is 0. The lowest BCUT2D eigenvalue weighted by Gasteiger charge is -2.27. The molecule has 2 bridgehead atoms. The minimum absolute atomic E-state index is 1.06. The maximum atomic E-state index is 2.36. The first-order valence-corrected chi connectivity index (χ1v) is 7.55. The molecule has 0 aromatic heterocycles. The predicted octanol–water partition coefficient (Wildman–Crippen LogP) is 4.95. The van der Waals surface area contributed by atoms with Crippen LogP contribution in [0, 0.1) is 23.7 Å². The average Bonchev–Trinajstić information content (AvgIpc) is 2.92. The van der Waals surface area contributed by atoms with Crippen molar-refractivity contribution in [2.45, 2.75) is 65.2 Å². The van der Waals surface area contributed by atoms with E-state index in [9.17, 15) is 0 Å². The van der Waals surface area contributed by atoms with Crippen molar-refractivity contribution in [1.29, 1.82) is 0 Å². The molecule has 3 rings (SSSR count). The Bertz CT molecular complexity index is 299. The van der Waals surface area contributed by atoms with Gasteiger partial charge in [-0.05, 0) is 62.2 Å². The van der Waals surface area contributed by atoms with Gasteiger partial charge in [0.2, 0.25) is 0 Å². The van der Waals surface area contributed by atoms with Gasteiger partial charge in [0.15, 0.2) is 0 Å². The maximum Gasteiger partial charge on any atom is -0.0138 e. The Morgan fingerprint density at radius 1 is 1.00 bits per heavy atom. The molecule has 0 amide bonds. The van der Waals surface area contributed by atoms with Crippen LogP contribution in [0.1, 0.15) is 65.2 Å². The highest BCUT2D eigenvalue weighted by Gasteiger charge is 2.51. The fraction of sp³-hybridized carbons (Fsp3) is 0.875. The minimum atomic E-state index is 1.06. The number of allylic oxidation sites excluding steroid dienone is 2. The van der Waals surface area contributed by atoms with Crippen LogP contribution in [0.4, 0.5) is 0 Å². The third-order valence-corrected chi connectivity index (χ3v) is 5.50. The Morgan fingerprint density at radius 2 is 1.75 bits per heavy atom. The van der Waals surface area contributed by atoms with Gasteiger partial charge in [-0.15, -0.1) is 0 Å². The second-order valence-electron chi connectivity index (χ2n) is 6.36. The molecule has 0 aromatic rings. The number of rotatable bonds is 4. The highest BCUT2D eigenvalue weighted by molar-refractivity contribution is 5.29. The van der Waals surface area contributed by atoms with Crippen molar-refractivity contribution >= 4 is 0 Å². The Morgan fingerprint density at radius 3 is 2.50 bits per heavy atom. The van der Waals surface area contributed by atoms with Crippen molar-refractivity contribution in [2.24, 2.45) is 23.7 Å². The topological polar surface area (TPSA) is 0 Å². The predicted molar refractivity (Wildman–Crippen MR) is 69.3 cm³/mol. The molecule has 2 saturated carbocycles. The molecule has 0 heterocycles. The van der Waals surface area contributed by atoms with Crippen molar-refractivity contribution in [2.75, 3.05) is 0 Å². The quantitative estimate of drug-likeness (QED) is 0.586. The van der Waals surface area contributed by atoms with Crippen molar-refractivity contribution in [3.05, 3.63) is 11.1 Å². The maximum absolute atomic E-state index is 2.36. The first-order valence-electron chi connectivity index (χ1n) is 7.55. The van der Waals surface area contributed by atoms with E-state index < -0.39 is 0 Å². The summed E-state index contributed by atoms with van der Waals surface area (Å²) in [5.41, 5.74) is 3.84. The third kappa shape index (κ3) is 1.49. The molecule has 0 radical (unpaired) electrons.